The van der Waals surface area contributed by atoms with E-state index >= 15 is 0 Å². The maximum absolute atomic E-state index is 12.1. The summed E-state index contributed by atoms with van der Waals surface area (Å²) in [7, 11) is 0. The third-order valence-electron chi connectivity index (χ3n) is 2.40. The van der Waals surface area contributed by atoms with E-state index in [4.69, 9.17) is 9.84 Å². The predicted molar refractivity (Wildman–Crippen MR) is 65.4 cm³/mol. The normalized spacial score (nSPS) is 10.3. The number of nitrogens with zero attached hydrogens (tertiary/aromatic N) is 2. The van der Waals surface area contributed by atoms with Gasteiger partial charge < -0.3 is 19.8 Å². The van der Waals surface area contributed by atoms with E-state index in [0.29, 0.717) is 19.7 Å². The van der Waals surface area contributed by atoms with Gasteiger partial charge in [0.2, 0.25) is 0 Å². The van der Waals surface area contributed by atoms with E-state index in [1.807, 2.05) is 6.92 Å². The fraction of sp³-hybridized carbons (Fsp3) is 0.500. The van der Waals surface area contributed by atoms with Gasteiger partial charge in [-0.15, -0.1) is 0 Å². The molecule has 100 valence electrons. The summed E-state index contributed by atoms with van der Waals surface area (Å²) in [5, 5.41) is 18.1. The number of likely N-dealkylation sites (N-methyl/N-ethyl adjacent to an activating group) is 1. The van der Waals surface area contributed by atoms with Crippen molar-refractivity contribution >= 4 is 5.91 Å². The molecule has 0 aliphatic heterocycles. The number of pyridine rings is 1. The van der Waals surface area contributed by atoms with Crippen LogP contribution in [-0.4, -0.2) is 58.9 Å². The summed E-state index contributed by atoms with van der Waals surface area (Å²) in [5.41, 5.74) is 0.0431. The first-order valence-corrected chi connectivity index (χ1v) is 5.82. The Morgan fingerprint density at radius 2 is 2.28 bits per heavy atom. The third-order valence-corrected chi connectivity index (χ3v) is 2.40. The summed E-state index contributed by atoms with van der Waals surface area (Å²) in [5.74, 6) is -0.458. The molecule has 6 nitrogen and oxygen atoms in total. The Bertz CT molecular complexity index is 384. The first-order chi connectivity index (χ1) is 8.70. The van der Waals surface area contributed by atoms with Crippen LogP contribution in [0.15, 0.2) is 18.3 Å². The Labute approximate surface area is 106 Å². The van der Waals surface area contributed by atoms with Crippen LogP contribution in [0.25, 0.3) is 0 Å². The van der Waals surface area contributed by atoms with Crippen LogP contribution >= 0.6 is 0 Å². The summed E-state index contributed by atoms with van der Waals surface area (Å²) in [6.07, 6.45) is 1.46. The minimum Gasteiger partial charge on any atom is -0.505 e. The van der Waals surface area contributed by atoms with Crippen LogP contribution in [0.5, 0.6) is 5.75 Å². The molecule has 0 spiro atoms. The number of ether oxygens (including phenoxy) is 1. The molecule has 0 atom stereocenters. The molecule has 1 rings (SSSR count). The molecular formula is C12H18N2O4. The van der Waals surface area contributed by atoms with Crippen LogP contribution in [0.1, 0.15) is 17.4 Å². The minimum atomic E-state index is -0.330. The van der Waals surface area contributed by atoms with Gasteiger partial charge in [0.1, 0.15) is 5.75 Å². The number of carbonyl (C=O) groups excluding carboxylic acids is 1. The van der Waals surface area contributed by atoms with Crippen LogP contribution in [-0.2, 0) is 4.74 Å². The maximum Gasteiger partial charge on any atom is 0.276 e. The molecule has 0 fully saturated rings. The average Bonchev–Trinajstić information content (AvgIpc) is 2.39. The fourth-order valence-corrected chi connectivity index (χ4v) is 1.46. The molecule has 6 heteroatoms. The van der Waals surface area contributed by atoms with Crippen molar-refractivity contribution in [2.75, 3.05) is 32.9 Å². The molecule has 1 heterocycles. The molecule has 0 aliphatic rings. The van der Waals surface area contributed by atoms with E-state index in [0.717, 1.165) is 0 Å². The molecule has 0 radical (unpaired) electrons. The Hall–Kier alpha value is -1.66. The van der Waals surface area contributed by atoms with Gasteiger partial charge in [0.15, 0.2) is 5.69 Å². The number of aliphatic hydroxyl groups excluding tert-OH is 1. The second kappa shape index (κ2) is 7.62. The zero-order valence-corrected chi connectivity index (χ0v) is 10.4. The van der Waals surface area contributed by atoms with Gasteiger partial charge >= 0.3 is 0 Å². The zero-order chi connectivity index (χ0) is 13.4. The number of hydrogen-bond donors (Lipinski definition) is 2. The third kappa shape index (κ3) is 3.97. The molecule has 1 aromatic heterocycles. The van der Waals surface area contributed by atoms with E-state index in [2.05, 4.69) is 4.98 Å². The lowest BCUT2D eigenvalue weighted by Crippen LogP contribution is -2.34. The Kier molecular flexibility index (Phi) is 6.10. The number of aromatic hydroxyl groups is 1. The van der Waals surface area contributed by atoms with Crippen molar-refractivity contribution in [3.63, 3.8) is 0 Å². The van der Waals surface area contributed by atoms with Crippen molar-refractivity contribution in [2.45, 2.75) is 6.92 Å². The Morgan fingerprint density at radius 3 is 2.89 bits per heavy atom. The standard InChI is InChI=1S/C12H18N2O4/c1-2-14(6-8-18-9-7-15)12(17)11-10(16)4-3-5-13-11/h3-5,15-16H,2,6-9H2,1H3. The molecule has 0 aliphatic carbocycles. The van der Waals surface area contributed by atoms with Crippen molar-refractivity contribution in [1.82, 2.24) is 9.88 Å². The van der Waals surface area contributed by atoms with Gasteiger partial charge in [-0.3, -0.25) is 4.79 Å². The summed E-state index contributed by atoms with van der Waals surface area (Å²) in [6.45, 7) is 3.28. The zero-order valence-electron chi connectivity index (χ0n) is 10.4. The lowest BCUT2D eigenvalue weighted by atomic mass is 10.3. The quantitative estimate of drug-likeness (QED) is 0.682. The molecule has 0 saturated carbocycles. The molecule has 0 saturated heterocycles. The van der Waals surface area contributed by atoms with Gasteiger partial charge in [-0.25, -0.2) is 4.98 Å². The van der Waals surface area contributed by atoms with E-state index in [9.17, 15) is 9.90 Å². The molecule has 1 aromatic rings. The molecule has 0 unspecified atom stereocenters. The van der Waals surface area contributed by atoms with Gasteiger partial charge in [-0.2, -0.15) is 0 Å². The number of aromatic nitrogens is 1. The second-order valence-electron chi connectivity index (χ2n) is 3.59. The maximum atomic E-state index is 12.1. The number of amides is 1. The smallest absolute Gasteiger partial charge is 0.276 e. The number of rotatable bonds is 7. The van der Waals surface area contributed by atoms with E-state index < -0.39 is 0 Å². The van der Waals surface area contributed by atoms with Gasteiger partial charge in [0.05, 0.1) is 19.8 Å². The van der Waals surface area contributed by atoms with Crippen molar-refractivity contribution in [2.24, 2.45) is 0 Å². The van der Waals surface area contributed by atoms with Crippen LogP contribution in [0.2, 0.25) is 0 Å². The van der Waals surface area contributed by atoms with Gasteiger partial charge in [-0.1, -0.05) is 0 Å². The van der Waals surface area contributed by atoms with Crippen LogP contribution < -0.4 is 0 Å². The highest BCUT2D eigenvalue weighted by Gasteiger charge is 2.18. The first kappa shape index (κ1) is 14.4. The second-order valence-corrected chi connectivity index (χ2v) is 3.59. The Balaban J connectivity index is 2.59. The average molecular weight is 254 g/mol. The van der Waals surface area contributed by atoms with Crippen molar-refractivity contribution in [1.29, 1.82) is 0 Å². The van der Waals surface area contributed by atoms with Gasteiger partial charge in [0.25, 0.3) is 5.91 Å². The van der Waals surface area contributed by atoms with Gasteiger partial charge in [0, 0.05) is 19.3 Å². The molecule has 1 amide bonds. The highest BCUT2D eigenvalue weighted by Crippen LogP contribution is 2.14. The summed E-state index contributed by atoms with van der Waals surface area (Å²) >= 11 is 0. The molecule has 0 aromatic carbocycles. The monoisotopic (exact) mass is 254 g/mol. The van der Waals surface area contributed by atoms with Gasteiger partial charge in [-0.05, 0) is 19.1 Å². The predicted octanol–water partition coefficient (Wildman–Crippen LogP) is 0.258. The number of hydrogen-bond acceptors (Lipinski definition) is 5. The molecule has 0 bridgehead atoms. The largest absolute Gasteiger partial charge is 0.505 e. The summed E-state index contributed by atoms with van der Waals surface area (Å²) in [6, 6.07) is 2.99. The molecular weight excluding hydrogens is 236 g/mol. The molecule has 2 N–H and O–H groups in total. The lowest BCUT2D eigenvalue weighted by Gasteiger charge is -2.20. The highest BCUT2D eigenvalue weighted by molar-refractivity contribution is 5.94. The SMILES string of the molecule is CCN(CCOCCO)C(=O)c1ncccc1O. The summed E-state index contributed by atoms with van der Waals surface area (Å²) in [4.78, 5) is 17.5. The van der Waals surface area contributed by atoms with Crippen molar-refractivity contribution in [3.8, 4) is 5.75 Å². The number of carbonyl (C=O) groups is 1. The molecule has 18 heavy (non-hydrogen) atoms. The van der Waals surface area contributed by atoms with Crippen molar-refractivity contribution in [3.05, 3.63) is 24.0 Å². The van der Waals surface area contributed by atoms with Crippen LogP contribution in [0.4, 0.5) is 0 Å². The highest BCUT2D eigenvalue weighted by atomic mass is 16.5. The Morgan fingerprint density at radius 1 is 1.50 bits per heavy atom. The van der Waals surface area contributed by atoms with Crippen molar-refractivity contribution < 1.29 is 19.7 Å². The van der Waals surface area contributed by atoms with E-state index in [-0.39, 0.29) is 30.6 Å². The lowest BCUT2D eigenvalue weighted by molar-refractivity contribution is 0.0572. The minimum absolute atomic E-state index is 0.0406. The fourth-order valence-electron chi connectivity index (χ4n) is 1.46. The number of aliphatic hydroxyl groups is 1. The van der Waals surface area contributed by atoms with E-state index in [1.165, 1.54) is 17.2 Å². The van der Waals surface area contributed by atoms with Crippen LogP contribution in [0, 0.1) is 0 Å². The summed E-state index contributed by atoms with van der Waals surface area (Å²) < 4.78 is 5.10. The topological polar surface area (TPSA) is 82.9 Å². The van der Waals surface area contributed by atoms with E-state index in [1.54, 1.807) is 6.07 Å². The first-order valence-electron chi connectivity index (χ1n) is 5.82. The van der Waals surface area contributed by atoms with Crippen LogP contribution in [0.3, 0.4) is 0 Å².